The van der Waals surface area contributed by atoms with E-state index in [9.17, 15) is 9.59 Å². The molecule has 3 heterocycles. The predicted octanol–water partition coefficient (Wildman–Crippen LogP) is 1.95. The fraction of sp³-hybridized carbons (Fsp3) is 0.579. The van der Waals surface area contributed by atoms with Crippen molar-refractivity contribution in [3.05, 3.63) is 34.5 Å². The highest BCUT2D eigenvalue weighted by atomic mass is 16.5. The molecule has 8 heteroatoms. The van der Waals surface area contributed by atoms with Crippen molar-refractivity contribution in [1.29, 1.82) is 0 Å². The molecule has 4 rings (SSSR count). The van der Waals surface area contributed by atoms with Crippen LogP contribution in [0.5, 0.6) is 0 Å². The van der Waals surface area contributed by atoms with Crippen LogP contribution in [0.1, 0.15) is 58.9 Å². The number of aromatic nitrogens is 3. The number of hydrogen-bond acceptors (Lipinski definition) is 5. The Balaban J connectivity index is 1.41. The van der Waals surface area contributed by atoms with Crippen molar-refractivity contribution in [2.75, 3.05) is 6.54 Å². The third-order valence-corrected chi connectivity index (χ3v) is 5.52. The van der Waals surface area contributed by atoms with Crippen molar-refractivity contribution in [2.24, 2.45) is 5.92 Å². The monoisotopic (exact) mass is 371 g/mol. The van der Waals surface area contributed by atoms with Crippen molar-refractivity contribution < 1.29 is 14.1 Å². The number of carbonyl (C=O) groups is 2. The van der Waals surface area contributed by atoms with Gasteiger partial charge in [0.05, 0.1) is 30.2 Å². The minimum absolute atomic E-state index is 0.212. The normalized spacial score (nSPS) is 17.2. The average molecular weight is 371 g/mol. The number of hydrogen-bond donors (Lipinski definition) is 1. The lowest BCUT2D eigenvalue weighted by molar-refractivity contribution is -0.138. The smallest absolute Gasteiger partial charge is 0.257 e. The SMILES string of the molecule is Cc1noc(C)c1C(=O)NCc1cc2n(n1)CCCN(C(=O)C1CCC1)C2. The highest BCUT2D eigenvalue weighted by molar-refractivity contribution is 5.95. The molecule has 8 nitrogen and oxygen atoms in total. The van der Waals surface area contributed by atoms with Crippen LogP contribution < -0.4 is 5.32 Å². The van der Waals surface area contributed by atoms with Crippen molar-refractivity contribution in [3.63, 3.8) is 0 Å². The average Bonchev–Trinajstić information content (AvgIpc) is 3.06. The fourth-order valence-electron chi connectivity index (χ4n) is 3.78. The van der Waals surface area contributed by atoms with Crippen LogP contribution in [0.15, 0.2) is 10.6 Å². The molecule has 2 aliphatic rings. The van der Waals surface area contributed by atoms with E-state index < -0.39 is 0 Å². The van der Waals surface area contributed by atoms with E-state index in [1.54, 1.807) is 13.8 Å². The Hall–Kier alpha value is -2.64. The molecule has 0 unspecified atom stereocenters. The molecule has 1 fully saturated rings. The van der Waals surface area contributed by atoms with Gasteiger partial charge >= 0.3 is 0 Å². The molecule has 2 amide bonds. The van der Waals surface area contributed by atoms with Gasteiger partial charge in [0.1, 0.15) is 11.3 Å². The quantitative estimate of drug-likeness (QED) is 0.887. The van der Waals surface area contributed by atoms with E-state index in [2.05, 4.69) is 15.6 Å². The molecular weight excluding hydrogens is 346 g/mol. The molecule has 0 saturated heterocycles. The topological polar surface area (TPSA) is 93.3 Å². The van der Waals surface area contributed by atoms with Gasteiger partial charge in [-0.2, -0.15) is 5.10 Å². The van der Waals surface area contributed by atoms with E-state index in [1.807, 2.05) is 15.6 Å². The van der Waals surface area contributed by atoms with E-state index in [4.69, 9.17) is 4.52 Å². The largest absolute Gasteiger partial charge is 0.361 e. The lowest BCUT2D eigenvalue weighted by atomic mass is 9.84. The minimum Gasteiger partial charge on any atom is -0.361 e. The third kappa shape index (κ3) is 3.48. The molecule has 0 aromatic carbocycles. The first-order chi connectivity index (χ1) is 13.0. The molecule has 0 bridgehead atoms. The zero-order valence-corrected chi connectivity index (χ0v) is 15.8. The van der Waals surface area contributed by atoms with Gasteiger partial charge in [0.25, 0.3) is 5.91 Å². The van der Waals surface area contributed by atoms with Crippen molar-refractivity contribution in [3.8, 4) is 0 Å². The Morgan fingerprint density at radius 3 is 2.74 bits per heavy atom. The van der Waals surface area contributed by atoms with Crippen molar-refractivity contribution in [2.45, 2.75) is 59.2 Å². The highest BCUT2D eigenvalue weighted by Crippen LogP contribution is 2.29. The Bertz CT molecular complexity index is 845. The van der Waals surface area contributed by atoms with Crippen LogP contribution in [0.2, 0.25) is 0 Å². The molecule has 0 spiro atoms. The summed E-state index contributed by atoms with van der Waals surface area (Å²) in [5, 5.41) is 11.3. The fourth-order valence-corrected chi connectivity index (χ4v) is 3.78. The summed E-state index contributed by atoms with van der Waals surface area (Å²) in [6.45, 7) is 5.98. The highest BCUT2D eigenvalue weighted by Gasteiger charge is 2.30. The summed E-state index contributed by atoms with van der Waals surface area (Å²) < 4.78 is 7.01. The molecule has 1 aliphatic heterocycles. The summed E-state index contributed by atoms with van der Waals surface area (Å²) in [6, 6.07) is 1.99. The zero-order valence-electron chi connectivity index (χ0n) is 15.8. The second kappa shape index (κ2) is 7.17. The number of aryl methyl sites for hydroxylation is 3. The second-order valence-corrected chi connectivity index (χ2v) is 7.47. The van der Waals surface area contributed by atoms with Crippen LogP contribution >= 0.6 is 0 Å². The third-order valence-electron chi connectivity index (χ3n) is 5.52. The standard InChI is InChI=1S/C19H25N5O3/c1-12-17(13(2)27-22-12)18(25)20-10-15-9-16-11-23(7-4-8-24(16)21-15)19(26)14-5-3-6-14/h9,14H,3-8,10-11H2,1-2H3,(H,20,25). The van der Waals surface area contributed by atoms with Gasteiger partial charge in [0.2, 0.25) is 5.91 Å². The summed E-state index contributed by atoms with van der Waals surface area (Å²) in [4.78, 5) is 26.9. The van der Waals surface area contributed by atoms with Crippen molar-refractivity contribution >= 4 is 11.8 Å². The van der Waals surface area contributed by atoms with Gasteiger partial charge in [-0.1, -0.05) is 11.6 Å². The van der Waals surface area contributed by atoms with Crippen LogP contribution in [-0.2, 0) is 24.4 Å². The summed E-state index contributed by atoms with van der Waals surface area (Å²) in [6.07, 6.45) is 4.11. The predicted molar refractivity (Wildman–Crippen MR) is 96.7 cm³/mol. The van der Waals surface area contributed by atoms with E-state index in [-0.39, 0.29) is 17.7 Å². The zero-order chi connectivity index (χ0) is 19.0. The van der Waals surface area contributed by atoms with Gasteiger partial charge in [-0.3, -0.25) is 14.3 Å². The first-order valence-corrected chi connectivity index (χ1v) is 9.58. The van der Waals surface area contributed by atoms with Gasteiger partial charge in [-0.05, 0) is 39.2 Å². The Morgan fingerprint density at radius 2 is 2.07 bits per heavy atom. The van der Waals surface area contributed by atoms with Gasteiger partial charge < -0.3 is 14.7 Å². The molecule has 0 radical (unpaired) electrons. The molecule has 1 N–H and O–H groups in total. The van der Waals surface area contributed by atoms with Crippen LogP contribution in [0.4, 0.5) is 0 Å². The lowest BCUT2D eigenvalue weighted by Gasteiger charge is -2.30. The summed E-state index contributed by atoms with van der Waals surface area (Å²) >= 11 is 0. The molecule has 27 heavy (non-hydrogen) atoms. The van der Waals surface area contributed by atoms with Gasteiger partial charge in [0.15, 0.2) is 0 Å². The maximum absolute atomic E-state index is 12.6. The maximum Gasteiger partial charge on any atom is 0.257 e. The first-order valence-electron chi connectivity index (χ1n) is 9.58. The number of amides is 2. The number of nitrogens with one attached hydrogen (secondary N) is 1. The second-order valence-electron chi connectivity index (χ2n) is 7.47. The number of rotatable bonds is 4. The molecule has 2 aromatic rings. The van der Waals surface area contributed by atoms with Crippen LogP contribution in [0.3, 0.4) is 0 Å². The Kier molecular flexibility index (Phi) is 4.72. The minimum atomic E-state index is -0.212. The number of nitrogens with zero attached hydrogens (tertiary/aromatic N) is 4. The molecule has 1 aliphatic carbocycles. The van der Waals surface area contributed by atoms with Gasteiger partial charge in [-0.15, -0.1) is 0 Å². The summed E-state index contributed by atoms with van der Waals surface area (Å²) in [5.41, 5.74) is 2.88. The number of carbonyl (C=O) groups excluding carboxylic acids is 2. The summed E-state index contributed by atoms with van der Waals surface area (Å²) in [5.74, 6) is 0.796. The Labute approximate surface area is 157 Å². The molecular formula is C19H25N5O3. The van der Waals surface area contributed by atoms with Crippen molar-refractivity contribution in [1.82, 2.24) is 25.2 Å². The molecule has 144 valence electrons. The number of fused-ring (bicyclic) bond motifs is 1. The molecule has 0 atom stereocenters. The van der Waals surface area contributed by atoms with Crippen LogP contribution in [0.25, 0.3) is 0 Å². The molecule has 2 aromatic heterocycles. The first kappa shape index (κ1) is 17.8. The van der Waals surface area contributed by atoms with E-state index in [0.29, 0.717) is 30.1 Å². The van der Waals surface area contributed by atoms with E-state index in [0.717, 1.165) is 50.2 Å². The maximum atomic E-state index is 12.6. The van der Waals surface area contributed by atoms with Gasteiger partial charge in [-0.25, -0.2) is 0 Å². The van der Waals surface area contributed by atoms with Crippen LogP contribution in [0, 0.1) is 19.8 Å². The van der Waals surface area contributed by atoms with E-state index >= 15 is 0 Å². The lowest BCUT2D eigenvalue weighted by Crippen LogP contribution is -2.38. The Morgan fingerprint density at radius 1 is 1.26 bits per heavy atom. The molecule has 1 saturated carbocycles. The van der Waals surface area contributed by atoms with Gasteiger partial charge in [0, 0.05) is 19.0 Å². The van der Waals surface area contributed by atoms with E-state index in [1.165, 1.54) is 0 Å². The summed E-state index contributed by atoms with van der Waals surface area (Å²) in [7, 11) is 0. The van der Waals surface area contributed by atoms with Crippen LogP contribution in [-0.4, -0.2) is 38.2 Å².